The van der Waals surface area contributed by atoms with E-state index in [0.717, 1.165) is 11.8 Å². The maximum atomic E-state index is 4.83. The summed E-state index contributed by atoms with van der Waals surface area (Å²) in [5, 5.41) is 0. The van der Waals surface area contributed by atoms with Gasteiger partial charge in [0, 0.05) is 4.90 Å². The molecule has 2 aliphatic carbocycles. The molecule has 0 saturated heterocycles. The van der Waals surface area contributed by atoms with E-state index in [-0.39, 0.29) is 0 Å². The van der Waals surface area contributed by atoms with E-state index in [1.54, 1.807) is 0 Å². The van der Waals surface area contributed by atoms with Crippen LogP contribution in [-0.4, -0.2) is 0 Å². The molecule has 2 unspecified atom stereocenters. The van der Waals surface area contributed by atoms with E-state index < -0.39 is 0 Å². The normalized spacial score (nSPS) is 23.5. The summed E-state index contributed by atoms with van der Waals surface area (Å²) in [5.41, 5.74) is 2.97. The highest BCUT2D eigenvalue weighted by molar-refractivity contribution is 7.80. The molecule has 1 aromatic rings. The summed E-state index contributed by atoms with van der Waals surface area (Å²) in [6.45, 7) is 4.75. The first-order valence-electron chi connectivity index (χ1n) is 7.00. The van der Waals surface area contributed by atoms with Crippen LogP contribution in [0.25, 0.3) is 0 Å². The number of hydrogen-bond donors (Lipinski definition) is 1. The van der Waals surface area contributed by atoms with Gasteiger partial charge < -0.3 is 0 Å². The molecule has 92 valence electrons. The Kier molecular flexibility index (Phi) is 2.98. The van der Waals surface area contributed by atoms with Crippen molar-refractivity contribution in [1.82, 2.24) is 0 Å². The standard InChI is InChI=1S/C16H22S/c1-10(12-6-7-12)14-4-3-5-15(16(14)17)11(2)13-8-9-13/h3-5,10-13,17H,6-9H2,1-2H3. The Morgan fingerprint density at radius 2 is 1.35 bits per heavy atom. The first-order chi connectivity index (χ1) is 8.18. The second kappa shape index (κ2) is 4.35. The van der Waals surface area contributed by atoms with Crippen molar-refractivity contribution in [2.75, 3.05) is 0 Å². The number of thiol groups is 1. The van der Waals surface area contributed by atoms with Crippen molar-refractivity contribution < 1.29 is 0 Å². The fourth-order valence-electron chi connectivity index (χ4n) is 3.02. The maximum Gasteiger partial charge on any atom is 0.0110 e. The molecule has 1 aromatic carbocycles. The highest BCUT2D eigenvalue weighted by atomic mass is 32.1. The van der Waals surface area contributed by atoms with Crippen LogP contribution >= 0.6 is 12.6 Å². The average molecular weight is 246 g/mol. The molecule has 2 saturated carbocycles. The summed E-state index contributed by atoms with van der Waals surface area (Å²) in [7, 11) is 0. The summed E-state index contributed by atoms with van der Waals surface area (Å²) >= 11 is 4.83. The minimum Gasteiger partial charge on any atom is -0.143 e. The zero-order valence-corrected chi connectivity index (χ0v) is 11.7. The smallest absolute Gasteiger partial charge is 0.0110 e. The van der Waals surface area contributed by atoms with Crippen LogP contribution < -0.4 is 0 Å². The minimum absolute atomic E-state index is 0.703. The van der Waals surface area contributed by atoms with Gasteiger partial charge in [-0.25, -0.2) is 0 Å². The van der Waals surface area contributed by atoms with E-state index in [4.69, 9.17) is 12.6 Å². The predicted molar refractivity (Wildman–Crippen MR) is 76.0 cm³/mol. The molecule has 0 aromatic heterocycles. The van der Waals surface area contributed by atoms with Gasteiger partial charge in [-0.1, -0.05) is 32.0 Å². The van der Waals surface area contributed by atoms with Crippen molar-refractivity contribution in [1.29, 1.82) is 0 Å². The zero-order chi connectivity index (χ0) is 12.0. The van der Waals surface area contributed by atoms with Gasteiger partial charge in [-0.15, -0.1) is 12.6 Å². The summed E-state index contributed by atoms with van der Waals surface area (Å²) in [4.78, 5) is 1.28. The molecule has 2 atom stereocenters. The number of hydrogen-bond acceptors (Lipinski definition) is 1. The van der Waals surface area contributed by atoms with Crippen molar-refractivity contribution in [3.05, 3.63) is 29.3 Å². The van der Waals surface area contributed by atoms with Crippen LogP contribution in [0.15, 0.2) is 23.1 Å². The third kappa shape index (κ3) is 2.27. The van der Waals surface area contributed by atoms with Crippen molar-refractivity contribution in [2.24, 2.45) is 11.8 Å². The summed E-state index contributed by atoms with van der Waals surface area (Å²) in [6.07, 6.45) is 5.65. The van der Waals surface area contributed by atoms with Gasteiger partial charge in [0.1, 0.15) is 0 Å². The highest BCUT2D eigenvalue weighted by Gasteiger charge is 2.33. The Hall–Kier alpha value is -0.430. The Morgan fingerprint density at radius 3 is 1.71 bits per heavy atom. The van der Waals surface area contributed by atoms with Crippen LogP contribution in [0.5, 0.6) is 0 Å². The van der Waals surface area contributed by atoms with E-state index in [1.165, 1.54) is 41.7 Å². The lowest BCUT2D eigenvalue weighted by molar-refractivity contribution is 0.625. The van der Waals surface area contributed by atoms with Gasteiger partial charge in [0.2, 0.25) is 0 Å². The highest BCUT2D eigenvalue weighted by Crippen LogP contribution is 2.47. The van der Waals surface area contributed by atoms with Gasteiger partial charge in [-0.3, -0.25) is 0 Å². The fourth-order valence-corrected chi connectivity index (χ4v) is 3.57. The van der Waals surface area contributed by atoms with E-state index in [9.17, 15) is 0 Å². The molecule has 0 nitrogen and oxygen atoms in total. The van der Waals surface area contributed by atoms with Crippen LogP contribution in [0.4, 0.5) is 0 Å². The van der Waals surface area contributed by atoms with Gasteiger partial charge in [0.15, 0.2) is 0 Å². The minimum atomic E-state index is 0.703. The molecule has 2 aliphatic rings. The Balaban J connectivity index is 1.91. The van der Waals surface area contributed by atoms with E-state index in [0.29, 0.717) is 11.8 Å². The van der Waals surface area contributed by atoms with Crippen molar-refractivity contribution >= 4 is 12.6 Å². The van der Waals surface area contributed by atoms with E-state index >= 15 is 0 Å². The first-order valence-corrected chi connectivity index (χ1v) is 7.45. The molecular weight excluding hydrogens is 224 g/mol. The topological polar surface area (TPSA) is 0 Å². The molecule has 1 heteroatoms. The molecular formula is C16H22S. The van der Waals surface area contributed by atoms with Crippen LogP contribution in [-0.2, 0) is 0 Å². The molecule has 0 amide bonds. The fraction of sp³-hybridized carbons (Fsp3) is 0.625. The summed E-state index contributed by atoms with van der Waals surface area (Å²) in [5.74, 6) is 3.25. The Morgan fingerprint density at radius 1 is 0.941 bits per heavy atom. The van der Waals surface area contributed by atoms with Crippen LogP contribution in [0.2, 0.25) is 0 Å². The summed E-state index contributed by atoms with van der Waals surface area (Å²) in [6, 6.07) is 6.81. The van der Waals surface area contributed by atoms with E-state index in [2.05, 4.69) is 32.0 Å². The van der Waals surface area contributed by atoms with Crippen molar-refractivity contribution in [2.45, 2.75) is 56.3 Å². The number of benzene rings is 1. The zero-order valence-electron chi connectivity index (χ0n) is 10.8. The molecule has 2 fully saturated rings. The van der Waals surface area contributed by atoms with Crippen molar-refractivity contribution in [3.63, 3.8) is 0 Å². The van der Waals surface area contributed by atoms with E-state index in [1.807, 2.05) is 0 Å². The number of rotatable bonds is 4. The summed E-state index contributed by atoms with van der Waals surface area (Å²) < 4.78 is 0. The largest absolute Gasteiger partial charge is 0.143 e. The Bertz CT molecular complexity index is 379. The van der Waals surface area contributed by atoms with Crippen LogP contribution in [0.1, 0.15) is 62.5 Å². The Labute approximate surface area is 110 Å². The van der Waals surface area contributed by atoms with Gasteiger partial charge in [-0.05, 0) is 60.5 Å². The van der Waals surface area contributed by atoms with Gasteiger partial charge in [0.05, 0.1) is 0 Å². The third-order valence-corrected chi connectivity index (χ3v) is 5.25. The van der Waals surface area contributed by atoms with Crippen LogP contribution in [0, 0.1) is 11.8 Å². The third-order valence-electron chi connectivity index (χ3n) is 4.74. The monoisotopic (exact) mass is 246 g/mol. The lowest BCUT2D eigenvalue weighted by atomic mass is 9.89. The molecule has 0 aliphatic heterocycles. The second-order valence-electron chi connectivity index (χ2n) is 6.04. The second-order valence-corrected chi connectivity index (χ2v) is 6.48. The molecule has 0 radical (unpaired) electrons. The molecule has 0 spiro atoms. The van der Waals surface area contributed by atoms with Gasteiger partial charge in [0.25, 0.3) is 0 Å². The quantitative estimate of drug-likeness (QED) is 0.710. The molecule has 0 heterocycles. The maximum absolute atomic E-state index is 4.83. The lowest BCUT2D eigenvalue weighted by Crippen LogP contribution is -2.03. The molecule has 0 N–H and O–H groups in total. The molecule has 3 rings (SSSR count). The predicted octanol–water partition coefficient (Wildman–Crippen LogP) is 5.00. The van der Waals surface area contributed by atoms with Gasteiger partial charge in [-0.2, -0.15) is 0 Å². The first kappa shape index (κ1) is 11.6. The van der Waals surface area contributed by atoms with Crippen molar-refractivity contribution in [3.8, 4) is 0 Å². The van der Waals surface area contributed by atoms with Crippen LogP contribution in [0.3, 0.4) is 0 Å². The molecule has 0 bridgehead atoms. The van der Waals surface area contributed by atoms with Gasteiger partial charge >= 0.3 is 0 Å². The lowest BCUT2D eigenvalue weighted by Gasteiger charge is -2.19. The molecule has 17 heavy (non-hydrogen) atoms. The average Bonchev–Trinajstić information content (AvgIpc) is 3.20. The SMILES string of the molecule is CC(c1cccc(C(C)C2CC2)c1S)C1CC1.